The summed E-state index contributed by atoms with van der Waals surface area (Å²) in [5, 5.41) is 9.56. The van der Waals surface area contributed by atoms with Gasteiger partial charge in [-0.2, -0.15) is 0 Å². The Morgan fingerprint density at radius 3 is 2.59 bits per heavy atom. The fraction of sp³-hybridized carbons (Fsp3) is 0.462. The quantitative estimate of drug-likeness (QED) is 0.399. The van der Waals surface area contributed by atoms with Gasteiger partial charge in [-0.3, -0.25) is 4.79 Å². The number of carbonyl (C=O) groups is 2. The molecule has 32 heavy (non-hydrogen) atoms. The first kappa shape index (κ1) is 22.5. The number of amides is 2. The second kappa shape index (κ2) is 9.82. The molecule has 2 aromatic rings. The van der Waals surface area contributed by atoms with Crippen LogP contribution in [0.25, 0.3) is 0 Å². The topological polar surface area (TPSA) is 70.2 Å². The van der Waals surface area contributed by atoms with E-state index in [4.69, 9.17) is 0 Å². The normalized spacial score (nSPS) is 24.2. The number of nitrogens with one attached hydrogen (secondary N) is 3. The summed E-state index contributed by atoms with van der Waals surface area (Å²) >= 11 is 0. The Labute approximate surface area is 189 Å². The molecular formula is C26H32FN3O2. The van der Waals surface area contributed by atoms with Crippen LogP contribution in [-0.2, 0) is 6.42 Å². The summed E-state index contributed by atoms with van der Waals surface area (Å²) in [6.07, 6.45) is 7.67. The highest BCUT2D eigenvalue weighted by Crippen LogP contribution is 2.47. The number of halogens is 1. The highest BCUT2D eigenvalue weighted by Gasteiger charge is 2.46. The molecule has 1 unspecified atom stereocenters. The number of anilines is 1. The first-order chi connectivity index (χ1) is 15.4. The molecule has 0 aromatic heterocycles. The number of urea groups is 1. The van der Waals surface area contributed by atoms with Gasteiger partial charge in [-0.1, -0.05) is 24.3 Å². The fourth-order valence-electron chi connectivity index (χ4n) is 5.37. The van der Waals surface area contributed by atoms with E-state index in [1.807, 2.05) is 12.1 Å². The molecule has 1 atom stereocenters. The zero-order valence-electron chi connectivity index (χ0n) is 18.6. The van der Waals surface area contributed by atoms with Crippen molar-refractivity contribution in [2.75, 3.05) is 11.9 Å². The minimum Gasteiger partial charge on any atom is -0.338 e. The van der Waals surface area contributed by atoms with Crippen molar-refractivity contribution in [3.63, 3.8) is 0 Å². The van der Waals surface area contributed by atoms with E-state index in [1.165, 1.54) is 38.2 Å². The van der Waals surface area contributed by atoms with Crippen LogP contribution in [0.4, 0.5) is 14.9 Å². The molecule has 1 aliphatic carbocycles. The van der Waals surface area contributed by atoms with Crippen molar-refractivity contribution in [3.8, 4) is 0 Å². The summed E-state index contributed by atoms with van der Waals surface area (Å²) in [5.74, 6) is -0.219. The van der Waals surface area contributed by atoms with Gasteiger partial charge in [0.2, 0.25) is 0 Å². The third-order valence-corrected chi connectivity index (χ3v) is 7.11. The molecule has 2 saturated heterocycles. The third-order valence-electron chi connectivity index (χ3n) is 7.11. The molecule has 2 aromatic carbocycles. The largest absolute Gasteiger partial charge is 0.338 e. The fourth-order valence-corrected chi connectivity index (χ4v) is 5.37. The SMILES string of the molecule is CC(=O)c1cccc(NC(=O)NCCCC2NC3CCC2(Cc2ccc(F)cc2)CC3)c1. The second-order valence-corrected chi connectivity index (χ2v) is 9.32. The number of piperidine rings is 2. The van der Waals surface area contributed by atoms with Crippen molar-refractivity contribution < 1.29 is 14.0 Å². The van der Waals surface area contributed by atoms with Crippen molar-refractivity contribution >= 4 is 17.5 Å². The van der Waals surface area contributed by atoms with Crippen molar-refractivity contribution in [3.05, 3.63) is 65.5 Å². The van der Waals surface area contributed by atoms with Crippen LogP contribution >= 0.6 is 0 Å². The van der Waals surface area contributed by atoms with Crippen molar-refractivity contribution in [2.45, 2.75) is 64.0 Å². The lowest BCUT2D eigenvalue weighted by molar-refractivity contribution is 0.0329. The lowest BCUT2D eigenvalue weighted by Gasteiger charge is -2.53. The standard InChI is InChI=1S/C26H32FN3O2/c1-18(31)20-4-2-5-23(16-20)30-25(32)28-15-3-6-24-26(13-11-22(29-24)12-14-26)17-19-7-9-21(27)10-8-19/h2,4-5,7-10,16,22,24,29H,3,6,11-15,17H2,1H3,(H2,28,30,32). The van der Waals surface area contributed by atoms with Gasteiger partial charge in [0.05, 0.1) is 0 Å². The van der Waals surface area contributed by atoms with E-state index in [1.54, 1.807) is 36.4 Å². The summed E-state index contributed by atoms with van der Waals surface area (Å²) in [7, 11) is 0. The van der Waals surface area contributed by atoms with Crippen LogP contribution in [0.1, 0.15) is 61.4 Å². The molecule has 1 saturated carbocycles. The lowest BCUT2D eigenvalue weighted by atomic mass is 9.60. The zero-order valence-corrected chi connectivity index (χ0v) is 18.6. The Kier molecular flexibility index (Phi) is 6.89. The molecular weight excluding hydrogens is 405 g/mol. The van der Waals surface area contributed by atoms with Crippen molar-refractivity contribution in [1.82, 2.24) is 10.6 Å². The van der Waals surface area contributed by atoms with Gasteiger partial charge in [-0.15, -0.1) is 0 Å². The molecule has 0 radical (unpaired) electrons. The minimum atomic E-state index is -0.259. The van der Waals surface area contributed by atoms with Gasteiger partial charge in [0.25, 0.3) is 0 Å². The first-order valence-corrected chi connectivity index (χ1v) is 11.6. The van der Waals surface area contributed by atoms with E-state index in [2.05, 4.69) is 16.0 Å². The van der Waals surface area contributed by atoms with E-state index in [9.17, 15) is 14.0 Å². The average Bonchev–Trinajstić information content (AvgIpc) is 2.79. The summed E-state index contributed by atoms with van der Waals surface area (Å²) in [5.41, 5.74) is 2.60. The monoisotopic (exact) mass is 437 g/mol. The maximum absolute atomic E-state index is 13.3. The highest BCUT2D eigenvalue weighted by molar-refractivity contribution is 5.96. The second-order valence-electron chi connectivity index (χ2n) is 9.32. The van der Waals surface area contributed by atoms with E-state index < -0.39 is 0 Å². The number of benzene rings is 2. The van der Waals surface area contributed by atoms with Crippen LogP contribution < -0.4 is 16.0 Å². The zero-order chi connectivity index (χ0) is 22.6. The molecule has 2 bridgehead atoms. The van der Waals surface area contributed by atoms with Gasteiger partial charge in [-0.25, -0.2) is 9.18 Å². The summed E-state index contributed by atoms with van der Waals surface area (Å²) < 4.78 is 13.3. The number of Topliss-reactive ketones (excluding diaryl/α,β-unsaturated/α-hetero) is 1. The molecule has 3 fully saturated rings. The number of hydrogen-bond acceptors (Lipinski definition) is 3. The lowest BCUT2D eigenvalue weighted by Crippen LogP contribution is -2.59. The maximum Gasteiger partial charge on any atom is 0.319 e. The molecule has 2 heterocycles. The van der Waals surface area contributed by atoms with Gasteiger partial charge >= 0.3 is 6.03 Å². The summed E-state index contributed by atoms with van der Waals surface area (Å²) in [6.45, 7) is 2.10. The Bertz CT molecular complexity index is 952. The van der Waals surface area contributed by atoms with E-state index >= 15 is 0 Å². The molecule has 2 aliphatic heterocycles. The molecule has 170 valence electrons. The van der Waals surface area contributed by atoms with E-state index in [-0.39, 0.29) is 23.0 Å². The molecule has 0 spiro atoms. The number of carbonyl (C=O) groups excluding carboxylic acids is 2. The van der Waals surface area contributed by atoms with E-state index in [0.717, 1.165) is 19.3 Å². The van der Waals surface area contributed by atoms with Gasteiger partial charge in [0.1, 0.15) is 5.82 Å². The third kappa shape index (κ3) is 5.36. The Morgan fingerprint density at radius 1 is 1.12 bits per heavy atom. The van der Waals surface area contributed by atoms with Crippen LogP contribution in [0.2, 0.25) is 0 Å². The smallest absolute Gasteiger partial charge is 0.319 e. The highest BCUT2D eigenvalue weighted by atomic mass is 19.1. The molecule has 3 N–H and O–H groups in total. The van der Waals surface area contributed by atoms with Crippen LogP contribution in [0, 0.1) is 11.2 Å². The summed E-state index contributed by atoms with van der Waals surface area (Å²) in [4.78, 5) is 23.8. The molecule has 5 rings (SSSR count). The number of hydrogen-bond donors (Lipinski definition) is 3. The number of rotatable bonds is 8. The van der Waals surface area contributed by atoms with Gasteiger partial charge in [0.15, 0.2) is 5.78 Å². The van der Waals surface area contributed by atoms with E-state index in [0.29, 0.717) is 29.9 Å². The minimum absolute atomic E-state index is 0.0297. The molecule has 2 amide bonds. The van der Waals surface area contributed by atoms with Crippen molar-refractivity contribution in [1.29, 1.82) is 0 Å². The predicted octanol–water partition coefficient (Wildman–Crippen LogP) is 5.07. The van der Waals surface area contributed by atoms with Crippen LogP contribution in [0.5, 0.6) is 0 Å². The molecule has 3 aliphatic rings. The Balaban J connectivity index is 1.28. The molecule has 5 nitrogen and oxygen atoms in total. The first-order valence-electron chi connectivity index (χ1n) is 11.6. The Morgan fingerprint density at radius 2 is 1.88 bits per heavy atom. The van der Waals surface area contributed by atoms with Crippen LogP contribution in [0.15, 0.2) is 48.5 Å². The summed E-state index contributed by atoms with van der Waals surface area (Å²) in [6, 6.07) is 14.6. The van der Waals surface area contributed by atoms with Gasteiger partial charge in [-0.05, 0) is 87.1 Å². The number of fused-ring (bicyclic) bond motifs is 3. The van der Waals surface area contributed by atoms with Crippen molar-refractivity contribution in [2.24, 2.45) is 5.41 Å². The van der Waals surface area contributed by atoms with Gasteiger partial charge < -0.3 is 16.0 Å². The maximum atomic E-state index is 13.3. The molecule has 6 heteroatoms. The predicted molar refractivity (Wildman–Crippen MR) is 124 cm³/mol. The Hall–Kier alpha value is -2.73. The number of ketones is 1. The van der Waals surface area contributed by atoms with Crippen LogP contribution in [0.3, 0.4) is 0 Å². The average molecular weight is 438 g/mol. The van der Waals surface area contributed by atoms with Gasteiger partial charge in [0, 0.05) is 29.9 Å². The van der Waals surface area contributed by atoms with Crippen LogP contribution in [-0.4, -0.2) is 30.4 Å².